The lowest BCUT2D eigenvalue weighted by Gasteiger charge is -2.05. The van der Waals surface area contributed by atoms with Gasteiger partial charge in [0.25, 0.3) is 11.6 Å². The van der Waals surface area contributed by atoms with Crippen LogP contribution in [0.2, 0.25) is 0 Å². The molecule has 0 heterocycles. The number of amides is 2. The van der Waals surface area contributed by atoms with Crippen molar-refractivity contribution in [3.8, 4) is 0 Å². The first-order valence-electron chi connectivity index (χ1n) is 7.48. The Kier molecular flexibility index (Phi) is 6.10. The molecule has 2 aromatic carbocycles. The molecule has 0 radical (unpaired) electrons. The van der Waals surface area contributed by atoms with Crippen LogP contribution in [0.5, 0.6) is 0 Å². The van der Waals surface area contributed by atoms with Crippen LogP contribution in [0.4, 0.5) is 15.8 Å². The fraction of sp³-hybridized carbons (Fsp3) is 0.118. The molecule has 0 bridgehead atoms. The van der Waals surface area contributed by atoms with Crippen molar-refractivity contribution < 1.29 is 18.9 Å². The Morgan fingerprint density at radius 2 is 1.73 bits per heavy atom. The van der Waals surface area contributed by atoms with E-state index in [1.807, 2.05) is 0 Å². The zero-order valence-corrected chi connectivity index (χ0v) is 13.7. The average molecular weight is 358 g/mol. The molecule has 0 spiro atoms. The molecule has 0 fully saturated rings. The van der Waals surface area contributed by atoms with Crippen molar-refractivity contribution in [1.29, 1.82) is 0 Å². The van der Waals surface area contributed by atoms with Gasteiger partial charge in [-0.05, 0) is 43.3 Å². The Bertz CT molecular complexity index is 848. The summed E-state index contributed by atoms with van der Waals surface area (Å²) in [5, 5.41) is 17.0. The van der Waals surface area contributed by atoms with Crippen molar-refractivity contribution in [2.75, 3.05) is 5.32 Å². The van der Waals surface area contributed by atoms with Gasteiger partial charge in [-0.3, -0.25) is 19.7 Å². The third-order valence-corrected chi connectivity index (χ3v) is 3.23. The zero-order valence-electron chi connectivity index (χ0n) is 13.7. The highest BCUT2D eigenvalue weighted by molar-refractivity contribution is 6.06. The molecule has 0 aliphatic heterocycles. The molecule has 0 aliphatic rings. The van der Waals surface area contributed by atoms with Gasteiger partial charge in [-0.15, -0.1) is 0 Å². The fourth-order valence-corrected chi connectivity index (χ4v) is 1.96. The molecule has 26 heavy (non-hydrogen) atoms. The van der Waals surface area contributed by atoms with Gasteiger partial charge in [0.2, 0.25) is 5.91 Å². The second kappa shape index (κ2) is 8.47. The molecule has 0 unspecified atom stereocenters. The number of halogens is 1. The topological polar surface area (TPSA) is 114 Å². The second-order valence-electron chi connectivity index (χ2n) is 5.32. The highest BCUT2D eigenvalue weighted by Crippen LogP contribution is 2.12. The summed E-state index contributed by atoms with van der Waals surface area (Å²) >= 11 is 0. The van der Waals surface area contributed by atoms with Gasteiger partial charge in [-0.25, -0.2) is 9.82 Å². The third-order valence-electron chi connectivity index (χ3n) is 3.23. The van der Waals surface area contributed by atoms with E-state index < -0.39 is 16.6 Å². The smallest absolute Gasteiger partial charge is 0.271 e. The molecule has 0 aromatic heterocycles. The van der Waals surface area contributed by atoms with Crippen molar-refractivity contribution in [3.05, 3.63) is 70.0 Å². The highest BCUT2D eigenvalue weighted by Gasteiger charge is 2.10. The number of nitrogens with zero attached hydrogens (tertiary/aromatic N) is 2. The van der Waals surface area contributed by atoms with Crippen molar-refractivity contribution in [3.63, 3.8) is 0 Å². The highest BCUT2D eigenvalue weighted by atomic mass is 19.1. The number of nitrogens with one attached hydrogen (secondary N) is 2. The number of nitro benzene ring substituents is 1. The van der Waals surface area contributed by atoms with Gasteiger partial charge in [0.1, 0.15) is 5.82 Å². The van der Waals surface area contributed by atoms with E-state index in [9.17, 15) is 24.1 Å². The van der Waals surface area contributed by atoms with E-state index in [1.54, 1.807) is 6.92 Å². The van der Waals surface area contributed by atoms with Crippen LogP contribution in [0.15, 0.2) is 53.6 Å². The SMILES string of the molecule is C/C(CC(=O)Nc1ccc(F)cc1)=N\NC(=O)c1ccc([N+](=O)[O-])cc1. The molecular formula is C17H15FN4O4. The van der Waals surface area contributed by atoms with Crippen LogP contribution in [-0.4, -0.2) is 22.4 Å². The Morgan fingerprint density at radius 3 is 2.31 bits per heavy atom. The molecule has 0 aliphatic carbocycles. The van der Waals surface area contributed by atoms with E-state index in [2.05, 4.69) is 15.8 Å². The van der Waals surface area contributed by atoms with Gasteiger partial charge in [-0.1, -0.05) is 0 Å². The Labute approximate surface area is 147 Å². The van der Waals surface area contributed by atoms with Crippen molar-refractivity contribution >= 4 is 28.9 Å². The predicted molar refractivity (Wildman–Crippen MR) is 93.3 cm³/mol. The number of anilines is 1. The van der Waals surface area contributed by atoms with Crippen LogP contribution in [0.25, 0.3) is 0 Å². The van der Waals surface area contributed by atoms with Crippen molar-refractivity contribution in [2.45, 2.75) is 13.3 Å². The summed E-state index contributed by atoms with van der Waals surface area (Å²) in [6, 6.07) is 10.3. The molecule has 0 saturated carbocycles. The lowest BCUT2D eigenvalue weighted by atomic mass is 10.2. The quantitative estimate of drug-likeness (QED) is 0.469. The third kappa shape index (κ3) is 5.48. The number of rotatable bonds is 6. The minimum atomic E-state index is -0.566. The summed E-state index contributed by atoms with van der Waals surface area (Å²) in [4.78, 5) is 33.8. The van der Waals surface area contributed by atoms with E-state index in [0.29, 0.717) is 11.4 Å². The molecule has 134 valence electrons. The largest absolute Gasteiger partial charge is 0.326 e. The monoisotopic (exact) mass is 358 g/mol. The number of hydrogen-bond donors (Lipinski definition) is 2. The summed E-state index contributed by atoms with van der Waals surface area (Å²) < 4.78 is 12.8. The number of non-ortho nitro benzene ring substituents is 1. The predicted octanol–water partition coefficient (Wildman–Crippen LogP) is 2.87. The second-order valence-corrected chi connectivity index (χ2v) is 5.32. The van der Waals surface area contributed by atoms with Crippen LogP contribution < -0.4 is 10.7 Å². The number of carbonyl (C=O) groups excluding carboxylic acids is 2. The molecular weight excluding hydrogens is 343 g/mol. The normalized spacial score (nSPS) is 10.9. The Balaban J connectivity index is 1.88. The molecule has 0 atom stereocenters. The Hall–Kier alpha value is -3.62. The standard InChI is InChI=1S/C17H15FN4O4/c1-11(10-16(23)19-14-6-4-13(18)5-7-14)20-21-17(24)12-2-8-15(9-3-12)22(25)26/h2-9H,10H2,1H3,(H,19,23)(H,21,24)/b20-11+. The zero-order chi connectivity index (χ0) is 19.1. The maximum Gasteiger partial charge on any atom is 0.271 e. The minimum Gasteiger partial charge on any atom is -0.326 e. The number of benzene rings is 2. The summed E-state index contributed by atoms with van der Waals surface area (Å²) in [6.07, 6.45) is -0.0715. The minimum absolute atomic E-state index is 0.0715. The van der Waals surface area contributed by atoms with Crippen LogP contribution in [-0.2, 0) is 4.79 Å². The average Bonchev–Trinajstić information content (AvgIpc) is 2.61. The van der Waals surface area contributed by atoms with Gasteiger partial charge in [0.15, 0.2) is 0 Å². The molecule has 2 rings (SSSR count). The number of hydrogen-bond acceptors (Lipinski definition) is 5. The van der Waals surface area contributed by atoms with Crippen LogP contribution >= 0.6 is 0 Å². The van der Waals surface area contributed by atoms with Gasteiger partial charge in [0.05, 0.1) is 11.3 Å². The fourth-order valence-electron chi connectivity index (χ4n) is 1.96. The van der Waals surface area contributed by atoms with Crippen LogP contribution in [0, 0.1) is 15.9 Å². The molecule has 2 N–H and O–H groups in total. The molecule has 8 nitrogen and oxygen atoms in total. The number of nitro groups is 1. The summed E-state index contributed by atoms with van der Waals surface area (Å²) in [5.74, 6) is -1.34. The van der Waals surface area contributed by atoms with E-state index in [0.717, 1.165) is 0 Å². The van der Waals surface area contributed by atoms with E-state index in [4.69, 9.17) is 0 Å². The van der Waals surface area contributed by atoms with Crippen LogP contribution in [0.1, 0.15) is 23.7 Å². The first kappa shape index (κ1) is 18.7. The molecule has 0 saturated heterocycles. The molecule has 2 aromatic rings. The summed E-state index contributed by atoms with van der Waals surface area (Å²) in [7, 11) is 0. The summed E-state index contributed by atoms with van der Waals surface area (Å²) in [5.41, 5.74) is 3.14. The Morgan fingerprint density at radius 1 is 1.12 bits per heavy atom. The van der Waals surface area contributed by atoms with Crippen LogP contribution in [0.3, 0.4) is 0 Å². The molecule has 9 heteroatoms. The van der Waals surface area contributed by atoms with E-state index in [-0.39, 0.29) is 23.6 Å². The first-order chi connectivity index (χ1) is 12.3. The van der Waals surface area contributed by atoms with E-state index in [1.165, 1.54) is 48.5 Å². The molecule has 2 amide bonds. The number of carbonyl (C=O) groups is 2. The maximum absolute atomic E-state index is 12.8. The lowest BCUT2D eigenvalue weighted by Crippen LogP contribution is -2.21. The van der Waals surface area contributed by atoms with Gasteiger partial charge < -0.3 is 5.32 Å². The van der Waals surface area contributed by atoms with Crippen molar-refractivity contribution in [2.24, 2.45) is 5.10 Å². The summed E-state index contributed by atoms with van der Waals surface area (Å²) in [6.45, 7) is 1.56. The first-order valence-corrected chi connectivity index (χ1v) is 7.48. The maximum atomic E-state index is 12.8. The van der Waals surface area contributed by atoms with E-state index >= 15 is 0 Å². The van der Waals surface area contributed by atoms with Crippen molar-refractivity contribution in [1.82, 2.24) is 5.43 Å². The lowest BCUT2D eigenvalue weighted by molar-refractivity contribution is -0.384. The van der Waals surface area contributed by atoms with Gasteiger partial charge >= 0.3 is 0 Å². The van der Waals surface area contributed by atoms with Gasteiger partial charge in [0, 0.05) is 29.1 Å². The number of hydrazone groups is 1. The van der Waals surface area contributed by atoms with Gasteiger partial charge in [-0.2, -0.15) is 5.10 Å².